The van der Waals surface area contributed by atoms with E-state index in [1.165, 1.54) is 0 Å². The van der Waals surface area contributed by atoms with Crippen LogP contribution >= 0.6 is 0 Å². The fraction of sp³-hybridized carbons (Fsp3) is 0.214. The summed E-state index contributed by atoms with van der Waals surface area (Å²) in [5.41, 5.74) is 7.73. The zero-order chi connectivity index (χ0) is 13.7. The van der Waals surface area contributed by atoms with E-state index in [9.17, 15) is 4.79 Å². The van der Waals surface area contributed by atoms with Gasteiger partial charge >= 0.3 is 0 Å². The zero-order valence-corrected chi connectivity index (χ0v) is 10.7. The van der Waals surface area contributed by atoms with Crippen LogP contribution in [0.2, 0.25) is 0 Å². The van der Waals surface area contributed by atoms with Crippen molar-refractivity contribution in [1.29, 1.82) is 0 Å². The SMILES string of the molecule is C[C@H](NC(=O)c1ccnc(CN)c1)c1cccnc1. The van der Waals surface area contributed by atoms with Gasteiger partial charge in [-0.05, 0) is 30.7 Å². The molecule has 2 aromatic rings. The summed E-state index contributed by atoms with van der Waals surface area (Å²) in [5, 5.41) is 2.92. The van der Waals surface area contributed by atoms with Gasteiger partial charge in [-0.1, -0.05) is 6.07 Å². The summed E-state index contributed by atoms with van der Waals surface area (Å²) >= 11 is 0. The zero-order valence-electron chi connectivity index (χ0n) is 10.7. The minimum Gasteiger partial charge on any atom is -0.345 e. The molecule has 0 aliphatic heterocycles. The number of rotatable bonds is 4. The quantitative estimate of drug-likeness (QED) is 0.867. The molecule has 0 bridgehead atoms. The van der Waals surface area contributed by atoms with E-state index in [4.69, 9.17) is 5.73 Å². The first kappa shape index (κ1) is 13.2. The molecule has 0 saturated heterocycles. The van der Waals surface area contributed by atoms with E-state index in [2.05, 4.69) is 15.3 Å². The second kappa shape index (κ2) is 6.06. The van der Waals surface area contributed by atoms with Crippen LogP contribution in [0.25, 0.3) is 0 Å². The Morgan fingerprint density at radius 2 is 2.26 bits per heavy atom. The lowest BCUT2D eigenvalue weighted by Crippen LogP contribution is -2.26. The van der Waals surface area contributed by atoms with Crippen LogP contribution in [-0.2, 0) is 6.54 Å². The number of carbonyl (C=O) groups excluding carboxylic acids is 1. The van der Waals surface area contributed by atoms with Gasteiger partial charge in [0.2, 0.25) is 0 Å². The van der Waals surface area contributed by atoms with Crippen LogP contribution in [0.4, 0.5) is 0 Å². The van der Waals surface area contributed by atoms with E-state index < -0.39 is 0 Å². The Bertz CT molecular complexity index is 556. The molecule has 98 valence electrons. The van der Waals surface area contributed by atoms with E-state index in [0.717, 1.165) is 5.56 Å². The molecule has 0 unspecified atom stereocenters. The number of hydrogen-bond acceptors (Lipinski definition) is 4. The Kier molecular flexibility index (Phi) is 4.20. The first-order chi connectivity index (χ1) is 9.20. The number of aromatic nitrogens is 2. The summed E-state index contributed by atoms with van der Waals surface area (Å²) in [6, 6.07) is 7.04. The standard InChI is InChI=1S/C14H16N4O/c1-10(12-3-2-5-16-9-12)18-14(19)11-4-6-17-13(7-11)8-15/h2-7,9-10H,8,15H2,1H3,(H,18,19)/t10-/m0/s1. The van der Waals surface area contributed by atoms with Crippen LogP contribution in [0.1, 0.15) is 34.6 Å². The van der Waals surface area contributed by atoms with Crippen molar-refractivity contribution < 1.29 is 4.79 Å². The van der Waals surface area contributed by atoms with E-state index in [-0.39, 0.29) is 11.9 Å². The normalized spacial score (nSPS) is 11.9. The third-order valence-corrected chi connectivity index (χ3v) is 2.82. The Labute approximate surface area is 111 Å². The van der Waals surface area contributed by atoms with Crippen molar-refractivity contribution in [2.75, 3.05) is 0 Å². The Hall–Kier alpha value is -2.27. The van der Waals surface area contributed by atoms with Gasteiger partial charge in [0.25, 0.3) is 5.91 Å². The van der Waals surface area contributed by atoms with Crippen molar-refractivity contribution >= 4 is 5.91 Å². The molecular formula is C14H16N4O. The molecule has 0 aliphatic carbocycles. The lowest BCUT2D eigenvalue weighted by molar-refractivity contribution is 0.0939. The van der Waals surface area contributed by atoms with E-state index in [1.807, 2.05) is 19.1 Å². The molecule has 2 aromatic heterocycles. The highest BCUT2D eigenvalue weighted by atomic mass is 16.1. The van der Waals surface area contributed by atoms with Crippen molar-refractivity contribution in [2.24, 2.45) is 5.73 Å². The minimum absolute atomic E-state index is 0.101. The maximum atomic E-state index is 12.1. The molecule has 1 amide bonds. The molecule has 0 fully saturated rings. The first-order valence-corrected chi connectivity index (χ1v) is 6.06. The molecule has 2 heterocycles. The number of nitrogens with two attached hydrogens (primary N) is 1. The van der Waals surface area contributed by atoms with Gasteiger partial charge < -0.3 is 11.1 Å². The van der Waals surface area contributed by atoms with Gasteiger partial charge in [0.15, 0.2) is 0 Å². The average molecular weight is 256 g/mol. The van der Waals surface area contributed by atoms with Crippen molar-refractivity contribution in [3.05, 3.63) is 59.7 Å². The lowest BCUT2D eigenvalue weighted by atomic mass is 10.1. The average Bonchev–Trinajstić information content (AvgIpc) is 2.48. The molecule has 0 radical (unpaired) electrons. The highest BCUT2D eigenvalue weighted by Gasteiger charge is 2.11. The molecule has 19 heavy (non-hydrogen) atoms. The molecule has 5 nitrogen and oxygen atoms in total. The fourth-order valence-electron chi connectivity index (χ4n) is 1.73. The molecule has 2 rings (SSSR count). The summed E-state index contributed by atoms with van der Waals surface area (Å²) in [4.78, 5) is 20.2. The van der Waals surface area contributed by atoms with Gasteiger partial charge in [0.05, 0.1) is 11.7 Å². The van der Waals surface area contributed by atoms with E-state index in [0.29, 0.717) is 17.8 Å². The Balaban J connectivity index is 2.08. The smallest absolute Gasteiger partial charge is 0.251 e. The van der Waals surface area contributed by atoms with Gasteiger partial charge in [0, 0.05) is 30.7 Å². The van der Waals surface area contributed by atoms with Gasteiger partial charge in [-0.25, -0.2) is 0 Å². The number of nitrogens with one attached hydrogen (secondary N) is 1. The number of nitrogens with zero attached hydrogens (tertiary/aromatic N) is 2. The predicted octanol–water partition coefficient (Wildman–Crippen LogP) is 1.43. The maximum absolute atomic E-state index is 12.1. The molecule has 0 aliphatic rings. The van der Waals surface area contributed by atoms with Crippen molar-refractivity contribution in [3.63, 3.8) is 0 Å². The van der Waals surface area contributed by atoms with Gasteiger partial charge in [-0.3, -0.25) is 14.8 Å². The highest BCUT2D eigenvalue weighted by Crippen LogP contribution is 2.11. The molecule has 0 saturated carbocycles. The van der Waals surface area contributed by atoms with Crippen molar-refractivity contribution in [1.82, 2.24) is 15.3 Å². The van der Waals surface area contributed by atoms with Gasteiger partial charge in [0.1, 0.15) is 0 Å². The molecule has 0 spiro atoms. The molecule has 1 atom stereocenters. The Morgan fingerprint density at radius 1 is 1.42 bits per heavy atom. The summed E-state index contributed by atoms with van der Waals surface area (Å²) in [7, 11) is 0. The number of pyridine rings is 2. The molecule has 3 N–H and O–H groups in total. The number of amides is 1. The van der Waals surface area contributed by atoms with Crippen molar-refractivity contribution in [3.8, 4) is 0 Å². The van der Waals surface area contributed by atoms with Crippen LogP contribution in [0, 0.1) is 0 Å². The highest BCUT2D eigenvalue weighted by molar-refractivity contribution is 5.94. The fourth-order valence-corrected chi connectivity index (χ4v) is 1.73. The minimum atomic E-state index is -0.145. The third-order valence-electron chi connectivity index (χ3n) is 2.82. The van der Waals surface area contributed by atoms with Crippen LogP contribution < -0.4 is 11.1 Å². The topological polar surface area (TPSA) is 80.9 Å². The summed E-state index contributed by atoms with van der Waals surface area (Å²) in [6.07, 6.45) is 5.03. The summed E-state index contributed by atoms with van der Waals surface area (Å²) < 4.78 is 0. The van der Waals surface area contributed by atoms with Crippen LogP contribution in [0.15, 0.2) is 42.9 Å². The second-order valence-electron chi connectivity index (χ2n) is 4.22. The predicted molar refractivity (Wildman–Crippen MR) is 72.2 cm³/mol. The second-order valence-corrected chi connectivity index (χ2v) is 4.22. The maximum Gasteiger partial charge on any atom is 0.251 e. The molecule has 5 heteroatoms. The van der Waals surface area contributed by atoms with E-state index in [1.54, 1.807) is 30.7 Å². The lowest BCUT2D eigenvalue weighted by Gasteiger charge is -2.14. The van der Waals surface area contributed by atoms with Crippen LogP contribution in [0.5, 0.6) is 0 Å². The number of carbonyl (C=O) groups is 1. The number of hydrogen-bond donors (Lipinski definition) is 2. The molecule has 0 aromatic carbocycles. The Morgan fingerprint density at radius 3 is 2.95 bits per heavy atom. The monoisotopic (exact) mass is 256 g/mol. The first-order valence-electron chi connectivity index (χ1n) is 6.06. The van der Waals surface area contributed by atoms with Crippen LogP contribution in [0.3, 0.4) is 0 Å². The largest absolute Gasteiger partial charge is 0.345 e. The summed E-state index contributed by atoms with van der Waals surface area (Å²) in [6.45, 7) is 2.24. The van der Waals surface area contributed by atoms with Gasteiger partial charge in [-0.2, -0.15) is 0 Å². The third kappa shape index (κ3) is 3.35. The van der Waals surface area contributed by atoms with Gasteiger partial charge in [-0.15, -0.1) is 0 Å². The van der Waals surface area contributed by atoms with Crippen molar-refractivity contribution in [2.45, 2.75) is 19.5 Å². The van der Waals surface area contributed by atoms with Crippen LogP contribution in [-0.4, -0.2) is 15.9 Å². The molecular weight excluding hydrogens is 240 g/mol. The van der Waals surface area contributed by atoms with E-state index >= 15 is 0 Å². The summed E-state index contributed by atoms with van der Waals surface area (Å²) in [5.74, 6) is -0.145.